The minimum atomic E-state index is -0.322. The van der Waals surface area contributed by atoms with Gasteiger partial charge in [-0.2, -0.15) is 0 Å². The number of carbonyl (C=O) groups is 2. The summed E-state index contributed by atoms with van der Waals surface area (Å²) in [6.45, 7) is 1.57. The molecule has 0 aromatic heterocycles. The molecule has 0 saturated carbocycles. The highest BCUT2D eigenvalue weighted by atomic mass is 19.1. The number of halogens is 1. The van der Waals surface area contributed by atoms with Gasteiger partial charge in [0.15, 0.2) is 0 Å². The Morgan fingerprint density at radius 3 is 2.86 bits per heavy atom. The predicted molar refractivity (Wildman–Crippen MR) is 104 cm³/mol. The van der Waals surface area contributed by atoms with E-state index in [4.69, 9.17) is 9.47 Å². The van der Waals surface area contributed by atoms with E-state index in [9.17, 15) is 14.0 Å². The summed E-state index contributed by atoms with van der Waals surface area (Å²) < 4.78 is 24.4. The van der Waals surface area contributed by atoms with E-state index in [1.54, 1.807) is 29.0 Å². The Hall–Kier alpha value is -3.09. The van der Waals surface area contributed by atoms with Crippen molar-refractivity contribution in [1.29, 1.82) is 0 Å². The Balaban J connectivity index is 1.37. The lowest BCUT2D eigenvalue weighted by Crippen LogP contribution is -2.54. The number of fused-ring (bicyclic) bond motifs is 1. The molecule has 0 bridgehead atoms. The van der Waals surface area contributed by atoms with Crippen molar-refractivity contribution in [2.24, 2.45) is 5.92 Å². The van der Waals surface area contributed by atoms with Crippen LogP contribution < -0.4 is 9.47 Å². The number of rotatable bonds is 4. The van der Waals surface area contributed by atoms with Gasteiger partial charge in [-0.1, -0.05) is 12.1 Å². The molecule has 152 valence electrons. The minimum Gasteiger partial charge on any atom is -0.497 e. The Kier molecular flexibility index (Phi) is 5.38. The largest absolute Gasteiger partial charge is 0.497 e. The van der Waals surface area contributed by atoms with E-state index < -0.39 is 0 Å². The fourth-order valence-corrected chi connectivity index (χ4v) is 3.83. The van der Waals surface area contributed by atoms with Crippen LogP contribution in [0.2, 0.25) is 0 Å². The first-order valence-electron chi connectivity index (χ1n) is 9.64. The van der Waals surface area contributed by atoms with Gasteiger partial charge in [0.05, 0.1) is 19.6 Å². The third kappa shape index (κ3) is 4.18. The average Bonchev–Trinajstić information content (AvgIpc) is 2.74. The number of nitrogens with zero attached hydrogens (tertiary/aromatic N) is 2. The van der Waals surface area contributed by atoms with E-state index in [0.717, 1.165) is 22.6 Å². The standard InChI is InChI=1S/C22H23FN2O4/c1-28-19-5-6-20-16(11-19)10-17(14-29-20)22(27)25-8-7-24(21(26)13-25)12-15-3-2-4-18(23)9-15/h2-6,9,11,17H,7-8,10,12-14H2,1H3/t17-/m0/s1. The Bertz CT molecular complexity index is 933. The highest BCUT2D eigenvalue weighted by Gasteiger charge is 2.34. The van der Waals surface area contributed by atoms with Crippen LogP contribution >= 0.6 is 0 Å². The van der Waals surface area contributed by atoms with Crippen LogP contribution in [0.25, 0.3) is 0 Å². The van der Waals surface area contributed by atoms with Crippen molar-refractivity contribution in [3.05, 3.63) is 59.4 Å². The quantitative estimate of drug-likeness (QED) is 0.793. The summed E-state index contributed by atoms with van der Waals surface area (Å²) >= 11 is 0. The number of benzene rings is 2. The number of piperazine rings is 1. The van der Waals surface area contributed by atoms with Crippen LogP contribution in [-0.4, -0.2) is 55.0 Å². The molecule has 1 atom stereocenters. The van der Waals surface area contributed by atoms with Crippen molar-refractivity contribution in [1.82, 2.24) is 9.80 Å². The molecule has 2 aliphatic heterocycles. The van der Waals surface area contributed by atoms with Crippen LogP contribution in [0.5, 0.6) is 11.5 Å². The summed E-state index contributed by atoms with van der Waals surface area (Å²) in [7, 11) is 1.60. The molecule has 1 fully saturated rings. The predicted octanol–water partition coefficient (Wildman–Crippen LogP) is 2.26. The van der Waals surface area contributed by atoms with E-state index in [2.05, 4.69) is 0 Å². The summed E-state index contributed by atoms with van der Waals surface area (Å²) in [5.74, 6) is 0.646. The van der Waals surface area contributed by atoms with E-state index in [0.29, 0.717) is 32.7 Å². The molecule has 2 amide bonds. The summed E-state index contributed by atoms with van der Waals surface area (Å²) in [4.78, 5) is 28.8. The van der Waals surface area contributed by atoms with Crippen LogP contribution in [0.1, 0.15) is 11.1 Å². The van der Waals surface area contributed by atoms with Gasteiger partial charge in [0, 0.05) is 19.6 Å². The molecule has 0 radical (unpaired) electrons. The van der Waals surface area contributed by atoms with Crippen molar-refractivity contribution in [3.8, 4) is 11.5 Å². The number of amides is 2. The first kappa shape index (κ1) is 19.2. The Labute approximate surface area is 168 Å². The number of hydrogen-bond acceptors (Lipinski definition) is 4. The highest BCUT2D eigenvalue weighted by molar-refractivity contribution is 5.87. The van der Waals surface area contributed by atoms with Crippen LogP contribution in [0.15, 0.2) is 42.5 Å². The maximum absolute atomic E-state index is 13.4. The van der Waals surface area contributed by atoms with Crippen molar-refractivity contribution in [2.75, 3.05) is 33.4 Å². The molecule has 2 heterocycles. The molecule has 4 rings (SSSR count). The summed E-state index contributed by atoms with van der Waals surface area (Å²) in [5.41, 5.74) is 1.68. The molecule has 29 heavy (non-hydrogen) atoms. The molecular weight excluding hydrogens is 375 g/mol. The monoisotopic (exact) mass is 398 g/mol. The number of carbonyl (C=O) groups excluding carboxylic acids is 2. The Morgan fingerprint density at radius 2 is 2.10 bits per heavy atom. The number of methoxy groups -OCH3 is 1. The Morgan fingerprint density at radius 1 is 1.24 bits per heavy atom. The molecule has 0 spiro atoms. The zero-order valence-corrected chi connectivity index (χ0v) is 16.3. The van der Waals surface area contributed by atoms with Crippen molar-refractivity contribution >= 4 is 11.8 Å². The van der Waals surface area contributed by atoms with Crippen LogP contribution in [0.3, 0.4) is 0 Å². The van der Waals surface area contributed by atoms with Crippen LogP contribution in [-0.2, 0) is 22.6 Å². The third-order valence-corrected chi connectivity index (χ3v) is 5.42. The highest BCUT2D eigenvalue weighted by Crippen LogP contribution is 2.31. The number of ether oxygens (including phenoxy) is 2. The minimum absolute atomic E-state index is 0.0373. The van der Waals surface area contributed by atoms with Gasteiger partial charge in [-0.25, -0.2) is 4.39 Å². The fourth-order valence-electron chi connectivity index (χ4n) is 3.83. The van der Waals surface area contributed by atoms with Gasteiger partial charge in [0.25, 0.3) is 0 Å². The van der Waals surface area contributed by atoms with Crippen molar-refractivity contribution in [2.45, 2.75) is 13.0 Å². The van der Waals surface area contributed by atoms with Gasteiger partial charge in [-0.3, -0.25) is 9.59 Å². The van der Waals surface area contributed by atoms with Crippen LogP contribution in [0, 0.1) is 11.7 Å². The first-order chi connectivity index (χ1) is 14.0. The lowest BCUT2D eigenvalue weighted by Gasteiger charge is -2.37. The molecule has 0 N–H and O–H groups in total. The van der Waals surface area contributed by atoms with Crippen LogP contribution in [0.4, 0.5) is 4.39 Å². The third-order valence-electron chi connectivity index (χ3n) is 5.42. The zero-order chi connectivity index (χ0) is 20.4. The molecule has 1 saturated heterocycles. The van der Waals surface area contributed by atoms with Gasteiger partial charge in [-0.05, 0) is 47.9 Å². The molecule has 7 heteroatoms. The molecule has 2 aliphatic rings. The lowest BCUT2D eigenvalue weighted by molar-refractivity contribution is -0.148. The lowest BCUT2D eigenvalue weighted by atomic mass is 9.95. The molecule has 2 aromatic carbocycles. The summed E-state index contributed by atoms with van der Waals surface area (Å²) in [6.07, 6.45) is 0.559. The van der Waals surface area contributed by atoms with Gasteiger partial charge >= 0.3 is 0 Å². The first-order valence-corrected chi connectivity index (χ1v) is 9.64. The second kappa shape index (κ2) is 8.11. The smallest absolute Gasteiger partial charge is 0.242 e. The molecule has 0 aliphatic carbocycles. The second-order valence-corrected chi connectivity index (χ2v) is 7.39. The summed E-state index contributed by atoms with van der Waals surface area (Å²) in [5, 5.41) is 0. The van der Waals surface area contributed by atoms with E-state index in [-0.39, 0.29) is 30.1 Å². The van der Waals surface area contributed by atoms with Crippen molar-refractivity contribution in [3.63, 3.8) is 0 Å². The molecule has 6 nitrogen and oxygen atoms in total. The zero-order valence-electron chi connectivity index (χ0n) is 16.3. The molecule has 0 unspecified atom stereocenters. The normalized spacial score (nSPS) is 18.8. The van der Waals surface area contributed by atoms with Gasteiger partial charge in [-0.15, -0.1) is 0 Å². The van der Waals surface area contributed by atoms with Gasteiger partial charge < -0.3 is 19.3 Å². The van der Waals surface area contributed by atoms with Gasteiger partial charge in [0.2, 0.25) is 11.8 Å². The van der Waals surface area contributed by atoms with E-state index >= 15 is 0 Å². The number of hydrogen-bond donors (Lipinski definition) is 0. The maximum Gasteiger partial charge on any atom is 0.242 e. The molecular formula is C22H23FN2O4. The second-order valence-electron chi connectivity index (χ2n) is 7.39. The summed E-state index contributed by atoms with van der Waals surface area (Å²) in [6, 6.07) is 11.8. The van der Waals surface area contributed by atoms with Gasteiger partial charge in [0.1, 0.15) is 23.9 Å². The van der Waals surface area contributed by atoms with E-state index in [1.165, 1.54) is 12.1 Å². The topological polar surface area (TPSA) is 59.1 Å². The van der Waals surface area contributed by atoms with E-state index in [1.807, 2.05) is 18.2 Å². The molecule has 2 aromatic rings. The van der Waals surface area contributed by atoms with Crippen molar-refractivity contribution < 1.29 is 23.5 Å². The fraction of sp³-hybridized carbons (Fsp3) is 0.364. The average molecular weight is 398 g/mol. The SMILES string of the molecule is COc1ccc2c(c1)C[C@H](C(=O)N1CCN(Cc3cccc(F)c3)C(=O)C1)CO2. The maximum atomic E-state index is 13.4.